The van der Waals surface area contributed by atoms with E-state index < -0.39 is 0 Å². The Labute approximate surface area is 184 Å². The zero-order valence-corrected chi connectivity index (χ0v) is 19.1. The van der Waals surface area contributed by atoms with Crippen molar-refractivity contribution in [3.63, 3.8) is 0 Å². The van der Waals surface area contributed by atoms with Crippen LogP contribution < -0.4 is 15.0 Å². The average molecular weight is 422 g/mol. The molecule has 1 aliphatic rings. The third-order valence-corrected chi connectivity index (χ3v) is 5.67. The van der Waals surface area contributed by atoms with Gasteiger partial charge >= 0.3 is 0 Å². The minimum Gasteiger partial charge on any atom is -0.495 e. The lowest BCUT2D eigenvalue weighted by Crippen LogP contribution is -2.24. The standard InChI is InChI=1S/C25H31N3O3/c1-17(2)15-31-16-25(11-12-25)18(3)27-24-22(29-5)10-9-21(28(24)4)19-7-8-20(14-26)23(13-19)30-6/h7-10,13,17H,3,11-12,15-16H2,1-2,4-6H3. The molecule has 0 amide bonds. The van der Waals surface area contributed by atoms with Crippen molar-refractivity contribution in [2.24, 2.45) is 23.4 Å². The highest BCUT2D eigenvalue weighted by atomic mass is 16.5. The third kappa shape index (κ3) is 4.83. The SMILES string of the molecule is C=C(N=c1c(OC)ccc(-c2ccc(C#N)c(OC)c2)n1C)C1(COCC(C)C)CC1. The number of aromatic nitrogens is 1. The summed E-state index contributed by atoms with van der Waals surface area (Å²) >= 11 is 0. The van der Waals surface area contributed by atoms with Crippen molar-refractivity contribution >= 4 is 0 Å². The number of hydrogen-bond acceptors (Lipinski definition) is 5. The second-order valence-corrected chi connectivity index (χ2v) is 8.44. The monoisotopic (exact) mass is 421 g/mol. The molecule has 0 saturated heterocycles. The van der Waals surface area contributed by atoms with E-state index in [9.17, 15) is 5.26 Å². The van der Waals surface area contributed by atoms with Gasteiger partial charge in [-0.3, -0.25) is 0 Å². The van der Waals surface area contributed by atoms with E-state index in [1.807, 2.05) is 35.9 Å². The van der Waals surface area contributed by atoms with Gasteiger partial charge in [-0.1, -0.05) is 26.5 Å². The van der Waals surface area contributed by atoms with Crippen molar-refractivity contribution in [1.82, 2.24) is 4.57 Å². The molecule has 2 aromatic rings. The molecule has 6 heteroatoms. The van der Waals surface area contributed by atoms with Gasteiger partial charge in [0.1, 0.15) is 11.8 Å². The van der Waals surface area contributed by atoms with E-state index in [0.717, 1.165) is 36.4 Å². The maximum Gasteiger partial charge on any atom is 0.175 e. The van der Waals surface area contributed by atoms with Gasteiger partial charge < -0.3 is 18.8 Å². The Hall–Kier alpha value is -3.04. The summed E-state index contributed by atoms with van der Waals surface area (Å²) in [6.07, 6.45) is 2.07. The van der Waals surface area contributed by atoms with Crippen LogP contribution in [0, 0.1) is 22.7 Å². The smallest absolute Gasteiger partial charge is 0.175 e. The molecule has 0 bridgehead atoms. The van der Waals surface area contributed by atoms with Gasteiger partial charge in [-0.05, 0) is 43.0 Å². The number of methoxy groups -OCH3 is 2. The first kappa shape index (κ1) is 22.6. The van der Waals surface area contributed by atoms with Crippen LogP contribution in [-0.2, 0) is 11.8 Å². The molecule has 0 atom stereocenters. The van der Waals surface area contributed by atoms with Crippen LogP contribution in [0.15, 0.2) is 47.6 Å². The quantitative estimate of drug-likeness (QED) is 0.600. The van der Waals surface area contributed by atoms with Crippen LogP contribution in [0.2, 0.25) is 0 Å². The molecule has 0 unspecified atom stereocenters. The van der Waals surface area contributed by atoms with E-state index in [4.69, 9.17) is 19.2 Å². The van der Waals surface area contributed by atoms with E-state index in [0.29, 0.717) is 35.1 Å². The van der Waals surface area contributed by atoms with Gasteiger partial charge in [-0.2, -0.15) is 5.26 Å². The Morgan fingerprint density at radius 3 is 2.48 bits per heavy atom. The molecular formula is C25H31N3O3. The molecule has 0 N–H and O–H groups in total. The summed E-state index contributed by atoms with van der Waals surface area (Å²) in [5.41, 5.74) is 3.78. The van der Waals surface area contributed by atoms with Gasteiger partial charge in [-0.15, -0.1) is 0 Å². The number of nitriles is 1. The van der Waals surface area contributed by atoms with Crippen LogP contribution in [-0.4, -0.2) is 32.0 Å². The molecule has 1 aromatic heterocycles. The maximum absolute atomic E-state index is 9.26. The molecule has 0 aliphatic heterocycles. The summed E-state index contributed by atoms with van der Waals surface area (Å²) in [5.74, 6) is 1.71. The van der Waals surface area contributed by atoms with Crippen LogP contribution in [0.25, 0.3) is 11.3 Å². The van der Waals surface area contributed by atoms with Crippen molar-refractivity contribution in [1.29, 1.82) is 5.26 Å². The molecule has 31 heavy (non-hydrogen) atoms. The zero-order chi connectivity index (χ0) is 22.6. The van der Waals surface area contributed by atoms with Crippen molar-refractivity contribution in [3.8, 4) is 28.8 Å². The van der Waals surface area contributed by atoms with Gasteiger partial charge in [0.05, 0.1) is 26.4 Å². The number of ether oxygens (including phenoxy) is 3. The lowest BCUT2D eigenvalue weighted by Gasteiger charge is -2.18. The maximum atomic E-state index is 9.26. The van der Waals surface area contributed by atoms with Gasteiger partial charge in [0.15, 0.2) is 11.2 Å². The largest absolute Gasteiger partial charge is 0.495 e. The zero-order valence-electron chi connectivity index (χ0n) is 19.1. The third-order valence-electron chi connectivity index (χ3n) is 5.67. The molecule has 1 saturated carbocycles. The van der Waals surface area contributed by atoms with Crippen molar-refractivity contribution in [2.75, 3.05) is 27.4 Å². The molecule has 3 rings (SSSR count). The molecule has 1 aromatic carbocycles. The Kier molecular flexibility index (Phi) is 6.87. The summed E-state index contributed by atoms with van der Waals surface area (Å²) in [6, 6.07) is 11.6. The molecular weight excluding hydrogens is 390 g/mol. The molecule has 0 spiro atoms. The number of nitrogens with zero attached hydrogens (tertiary/aromatic N) is 3. The molecule has 1 heterocycles. The van der Waals surface area contributed by atoms with Gasteiger partial charge in [-0.25, -0.2) is 4.99 Å². The van der Waals surface area contributed by atoms with Gasteiger partial charge in [0.2, 0.25) is 0 Å². The second kappa shape index (κ2) is 9.40. The summed E-state index contributed by atoms with van der Waals surface area (Å²) in [7, 11) is 5.15. The summed E-state index contributed by atoms with van der Waals surface area (Å²) in [5, 5.41) is 9.26. The van der Waals surface area contributed by atoms with Gasteiger partial charge in [0, 0.05) is 36.0 Å². The van der Waals surface area contributed by atoms with Crippen molar-refractivity contribution in [2.45, 2.75) is 26.7 Å². The van der Waals surface area contributed by atoms with E-state index in [1.165, 1.54) is 0 Å². The van der Waals surface area contributed by atoms with E-state index in [2.05, 4.69) is 26.5 Å². The lowest BCUT2D eigenvalue weighted by atomic mass is 10.1. The molecule has 6 nitrogen and oxygen atoms in total. The topological polar surface area (TPSA) is 68.8 Å². The van der Waals surface area contributed by atoms with E-state index >= 15 is 0 Å². The van der Waals surface area contributed by atoms with E-state index in [1.54, 1.807) is 20.3 Å². The molecule has 1 fully saturated rings. The van der Waals surface area contributed by atoms with Gasteiger partial charge in [0.25, 0.3) is 0 Å². The predicted octanol–water partition coefficient (Wildman–Crippen LogP) is 4.45. The minimum atomic E-state index is -0.0828. The molecule has 1 aliphatic carbocycles. The van der Waals surface area contributed by atoms with Crippen LogP contribution in [0.5, 0.6) is 11.5 Å². The Bertz CT molecular complexity index is 1070. The first-order chi connectivity index (χ1) is 14.8. The van der Waals surface area contributed by atoms with E-state index in [-0.39, 0.29) is 5.41 Å². The van der Waals surface area contributed by atoms with Crippen LogP contribution in [0.1, 0.15) is 32.3 Å². The fraction of sp³-hybridized carbons (Fsp3) is 0.440. The van der Waals surface area contributed by atoms with Crippen molar-refractivity contribution in [3.05, 3.63) is 53.7 Å². The highest BCUT2D eigenvalue weighted by molar-refractivity contribution is 5.65. The Balaban J connectivity index is 2.00. The van der Waals surface area contributed by atoms with Crippen molar-refractivity contribution < 1.29 is 14.2 Å². The highest BCUT2D eigenvalue weighted by Crippen LogP contribution is 2.51. The summed E-state index contributed by atoms with van der Waals surface area (Å²) < 4.78 is 18.9. The minimum absolute atomic E-state index is 0.0828. The fourth-order valence-corrected chi connectivity index (χ4v) is 3.55. The normalized spacial score (nSPS) is 14.9. The lowest BCUT2D eigenvalue weighted by molar-refractivity contribution is 0.0812. The van der Waals surface area contributed by atoms with Crippen LogP contribution in [0.3, 0.4) is 0 Å². The highest BCUT2D eigenvalue weighted by Gasteiger charge is 2.46. The first-order valence-corrected chi connectivity index (χ1v) is 10.5. The molecule has 0 radical (unpaired) electrons. The summed E-state index contributed by atoms with van der Waals surface area (Å²) in [6.45, 7) is 9.95. The first-order valence-electron chi connectivity index (χ1n) is 10.5. The number of benzene rings is 1. The number of rotatable bonds is 9. The average Bonchev–Trinajstić information content (AvgIpc) is 3.55. The Morgan fingerprint density at radius 1 is 1.19 bits per heavy atom. The fourth-order valence-electron chi connectivity index (χ4n) is 3.55. The Morgan fingerprint density at radius 2 is 1.90 bits per heavy atom. The number of pyridine rings is 1. The van der Waals surface area contributed by atoms with Crippen LogP contribution in [0.4, 0.5) is 0 Å². The number of hydrogen-bond donors (Lipinski definition) is 0. The summed E-state index contributed by atoms with van der Waals surface area (Å²) in [4.78, 5) is 4.90. The molecule has 164 valence electrons. The second-order valence-electron chi connectivity index (χ2n) is 8.44. The van der Waals surface area contributed by atoms with Crippen LogP contribution >= 0.6 is 0 Å². The predicted molar refractivity (Wildman–Crippen MR) is 121 cm³/mol.